The zero-order valence-corrected chi connectivity index (χ0v) is 12.5. The van der Waals surface area contributed by atoms with Gasteiger partial charge >= 0.3 is 0 Å². The monoisotopic (exact) mass is 278 g/mol. The Labute approximate surface area is 121 Å². The Kier molecular flexibility index (Phi) is 4.68. The van der Waals surface area contributed by atoms with Crippen LogP contribution in [-0.2, 0) is 13.0 Å². The SMILES string of the molecule is CCCc1noc(CN(CC2CCCNC2)C2CC2)n1. The van der Waals surface area contributed by atoms with Gasteiger partial charge in [-0.1, -0.05) is 12.1 Å². The molecule has 2 heterocycles. The highest BCUT2D eigenvalue weighted by Crippen LogP contribution is 2.29. The molecule has 0 amide bonds. The van der Waals surface area contributed by atoms with Crippen LogP contribution in [0.3, 0.4) is 0 Å². The number of hydrogen-bond donors (Lipinski definition) is 1. The second kappa shape index (κ2) is 6.68. The first kappa shape index (κ1) is 14.0. The third-order valence-electron chi connectivity index (χ3n) is 4.28. The van der Waals surface area contributed by atoms with Crippen molar-refractivity contribution in [3.8, 4) is 0 Å². The maximum atomic E-state index is 5.40. The minimum atomic E-state index is 0.749. The predicted octanol–water partition coefficient (Wildman–Crippen LogP) is 1.99. The zero-order chi connectivity index (χ0) is 13.8. The lowest BCUT2D eigenvalue weighted by Crippen LogP contribution is -2.39. The summed E-state index contributed by atoms with van der Waals surface area (Å²) in [5, 5.41) is 7.57. The second-order valence-electron chi connectivity index (χ2n) is 6.23. The number of aromatic nitrogens is 2. The first-order valence-corrected chi connectivity index (χ1v) is 8.11. The van der Waals surface area contributed by atoms with Crippen molar-refractivity contribution in [2.75, 3.05) is 19.6 Å². The summed E-state index contributed by atoms with van der Waals surface area (Å²) in [6.07, 6.45) is 7.30. The average Bonchev–Trinajstić information content (AvgIpc) is 3.22. The van der Waals surface area contributed by atoms with Gasteiger partial charge in [0.25, 0.3) is 0 Å². The van der Waals surface area contributed by atoms with Gasteiger partial charge in [-0.15, -0.1) is 0 Å². The molecule has 3 rings (SSSR count). The molecular formula is C15H26N4O. The summed E-state index contributed by atoms with van der Waals surface area (Å²) < 4.78 is 5.40. The standard InChI is InChI=1S/C15H26N4O/c1-2-4-14-17-15(20-18-14)11-19(13-6-7-13)10-12-5-3-8-16-9-12/h12-13,16H,2-11H2,1H3. The molecule has 112 valence electrons. The lowest BCUT2D eigenvalue weighted by molar-refractivity contribution is 0.172. The first-order valence-electron chi connectivity index (χ1n) is 8.11. The lowest BCUT2D eigenvalue weighted by atomic mass is 9.99. The topological polar surface area (TPSA) is 54.2 Å². The predicted molar refractivity (Wildman–Crippen MR) is 77.3 cm³/mol. The largest absolute Gasteiger partial charge is 0.338 e. The van der Waals surface area contributed by atoms with Gasteiger partial charge in [0.2, 0.25) is 5.89 Å². The van der Waals surface area contributed by atoms with Crippen molar-refractivity contribution in [1.29, 1.82) is 0 Å². The molecule has 2 aliphatic rings. The van der Waals surface area contributed by atoms with Crippen LogP contribution in [0.15, 0.2) is 4.52 Å². The minimum Gasteiger partial charge on any atom is -0.338 e. The number of rotatable bonds is 7. The summed E-state index contributed by atoms with van der Waals surface area (Å²) in [4.78, 5) is 7.06. The van der Waals surface area contributed by atoms with Crippen LogP contribution in [0.25, 0.3) is 0 Å². The molecule has 1 saturated carbocycles. The van der Waals surface area contributed by atoms with E-state index in [-0.39, 0.29) is 0 Å². The van der Waals surface area contributed by atoms with E-state index < -0.39 is 0 Å². The normalized spacial score (nSPS) is 23.4. The van der Waals surface area contributed by atoms with Crippen LogP contribution in [0.5, 0.6) is 0 Å². The fraction of sp³-hybridized carbons (Fsp3) is 0.867. The van der Waals surface area contributed by atoms with Crippen LogP contribution in [0, 0.1) is 5.92 Å². The van der Waals surface area contributed by atoms with Crippen LogP contribution >= 0.6 is 0 Å². The maximum Gasteiger partial charge on any atom is 0.240 e. The quantitative estimate of drug-likeness (QED) is 0.826. The van der Waals surface area contributed by atoms with Crippen LogP contribution < -0.4 is 5.32 Å². The number of nitrogens with one attached hydrogen (secondary N) is 1. The van der Waals surface area contributed by atoms with E-state index in [1.807, 2.05) is 0 Å². The fourth-order valence-electron chi connectivity index (χ4n) is 3.05. The smallest absolute Gasteiger partial charge is 0.240 e. The van der Waals surface area contributed by atoms with E-state index in [1.54, 1.807) is 0 Å². The van der Waals surface area contributed by atoms with Crippen LogP contribution in [0.2, 0.25) is 0 Å². The molecule has 1 saturated heterocycles. The highest BCUT2D eigenvalue weighted by molar-refractivity contribution is 4.92. The maximum absolute atomic E-state index is 5.40. The van der Waals surface area contributed by atoms with Crippen molar-refractivity contribution in [3.05, 3.63) is 11.7 Å². The van der Waals surface area contributed by atoms with Crippen molar-refractivity contribution in [1.82, 2.24) is 20.4 Å². The van der Waals surface area contributed by atoms with E-state index in [0.717, 1.165) is 49.6 Å². The van der Waals surface area contributed by atoms with Gasteiger partial charge in [0.15, 0.2) is 5.82 Å². The van der Waals surface area contributed by atoms with Gasteiger partial charge in [-0.3, -0.25) is 4.90 Å². The summed E-state index contributed by atoms with van der Waals surface area (Å²) >= 11 is 0. The Balaban J connectivity index is 1.55. The van der Waals surface area contributed by atoms with Crippen molar-refractivity contribution in [2.45, 2.75) is 58.0 Å². The van der Waals surface area contributed by atoms with Crippen molar-refractivity contribution >= 4 is 0 Å². The molecule has 0 bridgehead atoms. The molecule has 0 aromatic carbocycles. The summed E-state index contributed by atoms with van der Waals surface area (Å²) in [5.41, 5.74) is 0. The molecule has 1 N–H and O–H groups in total. The van der Waals surface area contributed by atoms with E-state index in [2.05, 4.69) is 27.3 Å². The number of nitrogens with zero attached hydrogens (tertiary/aromatic N) is 3. The van der Waals surface area contributed by atoms with E-state index >= 15 is 0 Å². The van der Waals surface area contributed by atoms with Crippen molar-refractivity contribution in [2.24, 2.45) is 5.92 Å². The molecule has 1 atom stereocenters. The highest BCUT2D eigenvalue weighted by Gasteiger charge is 2.32. The molecule has 5 heteroatoms. The van der Waals surface area contributed by atoms with Crippen LogP contribution in [0.4, 0.5) is 0 Å². The molecule has 1 unspecified atom stereocenters. The summed E-state index contributed by atoms with van der Waals surface area (Å²) in [6.45, 7) is 6.49. The van der Waals surface area contributed by atoms with Gasteiger partial charge in [-0.2, -0.15) is 4.98 Å². The van der Waals surface area contributed by atoms with E-state index in [4.69, 9.17) is 4.52 Å². The highest BCUT2D eigenvalue weighted by atomic mass is 16.5. The molecule has 5 nitrogen and oxygen atoms in total. The van der Waals surface area contributed by atoms with E-state index in [9.17, 15) is 0 Å². The minimum absolute atomic E-state index is 0.749. The summed E-state index contributed by atoms with van der Waals surface area (Å²) in [6, 6.07) is 0.749. The summed E-state index contributed by atoms with van der Waals surface area (Å²) in [7, 11) is 0. The number of hydrogen-bond acceptors (Lipinski definition) is 5. The van der Waals surface area contributed by atoms with Gasteiger partial charge in [-0.25, -0.2) is 0 Å². The molecule has 1 aliphatic carbocycles. The number of piperidine rings is 1. The number of aryl methyl sites for hydroxylation is 1. The Morgan fingerprint density at radius 2 is 2.25 bits per heavy atom. The van der Waals surface area contributed by atoms with Gasteiger partial charge in [0, 0.05) is 19.0 Å². The molecule has 20 heavy (non-hydrogen) atoms. The lowest BCUT2D eigenvalue weighted by Gasteiger charge is -2.29. The van der Waals surface area contributed by atoms with E-state index in [1.165, 1.54) is 38.8 Å². The van der Waals surface area contributed by atoms with Gasteiger partial charge in [0.1, 0.15) is 0 Å². The first-order chi connectivity index (χ1) is 9.85. The zero-order valence-electron chi connectivity index (χ0n) is 12.5. The Hall–Kier alpha value is -0.940. The molecule has 1 aromatic heterocycles. The Morgan fingerprint density at radius 1 is 1.35 bits per heavy atom. The van der Waals surface area contributed by atoms with Gasteiger partial charge in [-0.05, 0) is 51.1 Å². The van der Waals surface area contributed by atoms with E-state index in [0.29, 0.717) is 0 Å². The third kappa shape index (κ3) is 3.79. The molecule has 0 radical (unpaired) electrons. The van der Waals surface area contributed by atoms with Crippen molar-refractivity contribution < 1.29 is 4.52 Å². The molecule has 1 aliphatic heterocycles. The van der Waals surface area contributed by atoms with Gasteiger partial charge in [0.05, 0.1) is 6.54 Å². The molecule has 0 spiro atoms. The van der Waals surface area contributed by atoms with Crippen molar-refractivity contribution in [3.63, 3.8) is 0 Å². The average molecular weight is 278 g/mol. The Morgan fingerprint density at radius 3 is 2.95 bits per heavy atom. The molecule has 1 aromatic rings. The second-order valence-corrected chi connectivity index (χ2v) is 6.23. The van der Waals surface area contributed by atoms with Gasteiger partial charge < -0.3 is 9.84 Å². The fourth-order valence-corrected chi connectivity index (χ4v) is 3.05. The molecule has 2 fully saturated rings. The summed E-state index contributed by atoms with van der Waals surface area (Å²) in [5.74, 6) is 2.43. The van der Waals surface area contributed by atoms with Crippen LogP contribution in [-0.4, -0.2) is 40.7 Å². The molecular weight excluding hydrogens is 252 g/mol. The van der Waals surface area contributed by atoms with Crippen LogP contribution in [0.1, 0.15) is 50.7 Å². The Bertz CT molecular complexity index is 410. The third-order valence-corrected chi connectivity index (χ3v) is 4.28.